The predicted octanol–water partition coefficient (Wildman–Crippen LogP) is 2.79. The Labute approximate surface area is 193 Å². The maximum absolute atomic E-state index is 13.1. The molecule has 172 valence electrons. The normalized spacial score (nSPS) is 15.3. The third kappa shape index (κ3) is 5.40. The molecule has 8 heteroatoms. The lowest BCUT2D eigenvalue weighted by atomic mass is 9.97. The Morgan fingerprint density at radius 1 is 0.818 bits per heavy atom. The van der Waals surface area contributed by atoms with E-state index >= 15 is 0 Å². The first-order valence-electron chi connectivity index (χ1n) is 11.0. The van der Waals surface area contributed by atoms with Crippen molar-refractivity contribution in [1.29, 1.82) is 0 Å². The predicted molar refractivity (Wildman–Crippen MR) is 127 cm³/mol. The number of benzene rings is 3. The third-order valence-corrected chi connectivity index (χ3v) is 7.82. The van der Waals surface area contributed by atoms with Crippen LogP contribution in [0.3, 0.4) is 0 Å². The largest absolute Gasteiger partial charge is 0.354 e. The van der Waals surface area contributed by atoms with E-state index in [4.69, 9.17) is 0 Å². The van der Waals surface area contributed by atoms with Crippen LogP contribution < -0.4 is 10.6 Å². The van der Waals surface area contributed by atoms with Crippen LogP contribution in [-0.4, -0.2) is 50.7 Å². The number of rotatable bonds is 7. The van der Waals surface area contributed by atoms with Crippen LogP contribution in [0.25, 0.3) is 10.8 Å². The zero-order chi connectivity index (χ0) is 23.3. The second-order valence-electron chi connectivity index (χ2n) is 8.10. The summed E-state index contributed by atoms with van der Waals surface area (Å²) in [6.07, 6.45) is 0.935. The Bertz CT molecular complexity index is 1240. The van der Waals surface area contributed by atoms with Crippen molar-refractivity contribution >= 4 is 32.6 Å². The number of carbonyl (C=O) groups is 2. The smallest absolute Gasteiger partial charge is 0.251 e. The molecule has 0 spiro atoms. The van der Waals surface area contributed by atoms with Gasteiger partial charge in [-0.15, -0.1) is 0 Å². The van der Waals surface area contributed by atoms with Gasteiger partial charge >= 0.3 is 0 Å². The van der Waals surface area contributed by atoms with E-state index in [0.717, 1.165) is 10.8 Å². The van der Waals surface area contributed by atoms with Crippen molar-refractivity contribution in [3.63, 3.8) is 0 Å². The molecular weight excluding hydrogens is 438 g/mol. The molecule has 4 rings (SSSR count). The summed E-state index contributed by atoms with van der Waals surface area (Å²) in [7, 11) is -3.61. The Hall–Kier alpha value is -3.23. The highest BCUT2D eigenvalue weighted by Crippen LogP contribution is 2.26. The van der Waals surface area contributed by atoms with Gasteiger partial charge in [0.05, 0.1) is 4.90 Å². The first kappa shape index (κ1) is 22.9. The molecule has 0 atom stereocenters. The number of hydrogen-bond acceptors (Lipinski definition) is 4. The maximum atomic E-state index is 13.1. The highest BCUT2D eigenvalue weighted by Gasteiger charge is 2.32. The molecular formula is C25H27N3O4S. The van der Waals surface area contributed by atoms with Gasteiger partial charge in [0.1, 0.15) is 0 Å². The second-order valence-corrected chi connectivity index (χ2v) is 10.0. The number of carbonyl (C=O) groups excluding carboxylic acids is 2. The number of piperidine rings is 1. The molecule has 1 aliphatic heterocycles. The molecule has 7 nitrogen and oxygen atoms in total. The van der Waals surface area contributed by atoms with Crippen molar-refractivity contribution in [2.45, 2.75) is 17.7 Å². The molecule has 3 aromatic carbocycles. The molecule has 1 fully saturated rings. The Balaban J connectivity index is 1.25. The average Bonchev–Trinajstić information content (AvgIpc) is 2.86. The highest BCUT2D eigenvalue weighted by atomic mass is 32.2. The van der Waals surface area contributed by atoms with Gasteiger partial charge in [0.2, 0.25) is 15.9 Å². The van der Waals surface area contributed by atoms with Crippen LogP contribution >= 0.6 is 0 Å². The van der Waals surface area contributed by atoms with Crippen molar-refractivity contribution < 1.29 is 18.0 Å². The first-order valence-corrected chi connectivity index (χ1v) is 12.5. The molecule has 0 aromatic heterocycles. The van der Waals surface area contributed by atoms with Gasteiger partial charge in [-0.05, 0) is 47.9 Å². The number of hydrogen-bond donors (Lipinski definition) is 2. The quantitative estimate of drug-likeness (QED) is 0.525. The molecule has 1 saturated heterocycles. The van der Waals surface area contributed by atoms with Crippen LogP contribution in [0.15, 0.2) is 77.7 Å². The minimum absolute atomic E-state index is 0.105. The van der Waals surface area contributed by atoms with Gasteiger partial charge in [-0.3, -0.25) is 9.59 Å². The summed E-state index contributed by atoms with van der Waals surface area (Å²) in [6.45, 7) is 1.26. The second kappa shape index (κ2) is 10.1. The van der Waals surface area contributed by atoms with Crippen LogP contribution in [0.2, 0.25) is 0 Å². The lowest BCUT2D eigenvalue weighted by Crippen LogP contribution is -2.44. The van der Waals surface area contributed by atoms with Crippen molar-refractivity contribution in [1.82, 2.24) is 14.9 Å². The molecule has 2 amide bonds. The van der Waals surface area contributed by atoms with E-state index in [-0.39, 0.29) is 22.6 Å². The Kier molecular flexibility index (Phi) is 7.05. The van der Waals surface area contributed by atoms with Gasteiger partial charge in [0.25, 0.3) is 5.91 Å². The van der Waals surface area contributed by atoms with Gasteiger partial charge in [-0.1, -0.05) is 48.5 Å². The summed E-state index contributed by atoms with van der Waals surface area (Å²) in [5.74, 6) is -0.526. The fourth-order valence-electron chi connectivity index (χ4n) is 4.03. The van der Waals surface area contributed by atoms with E-state index in [9.17, 15) is 18.0 Å². The van der Waals surface area contributed by atoms with Crippen molar-refractivity contribution in [2.75, 3.05) is 26.2 Å². The maximum Gasteiger partial charge on any atom is 0.251 e. The van der Waals surface area contributed by atoms with E-state index in [1.165, 1.54) is 4.31 Å². The third-order valence-electron chi connectivity index (χ3n) is 5.93. The molecule has 33 heavy (non-hydrogen) atoms. The number of fused-ring (bicyclic) bond motifs is 1. The Morgan fingerprint density at radius 3 is 2.18 bits per heavy atom. The van der Waals surface area contributed by atoms with Gasteiger partial charge in [0.15, 0.2) is 0 Å². The van der Waals surface area contributed by atoms with Gasteiger partial charge < -0.3 is 10.6 Å². The van der Waals surface area contributed by atoms with E-state index in [1.54, 1.807) is 36.4 Å². The zero-order valence-corrected chi connectivity index (χ0v) is 19.1. The summed E-state index contributed by atoms with van der Waals surface area (Å²) in [4.78, 5) is 24.8. The monoisotopic (exact) mass is 465 g/mol. The van der Waals surface area contributed by atoms with Crippen molar-refractivity contribution in [3.8, 4) is 0 Å². The minimum atomic E-state index is -3.61. The lowest BCUT2D eigenvalue weighted by molar-refractivity contribution is -0.126. The molecule has 0 aliphatic carbocycles. The summed E-state index contributed by atoms with van der Waals surface area (Å²) < 4.78 is 27.6. The van der Waals surface area contributed by atoms with E-state index in [0.29, 0.717) is 44.6 Å². The fraction of sp³-hybridized carbons (Fsp3) is 0.280. The fourth-order valence-corrected chi connectivity index (χ4v) is 5.54. The number of amides is 2. The van der Waals surface area contributed by atoms with E-state index < -0.39 is 10.0 Å². The summed E-state index contributed by atoms with van der Waals surface area (Å²) in [6, 6.07) is 21.7. The first-order chi connectivity index (χ1) is 15.9. The van der Waals surface area contributed by atoms with E-state index in [1.807, 2.05) is 36.4 Å². The standard InChI is InChI=1S/C25H27N3O4S/c29-24(20-7-2-1-3-8-20)26-14-15-27-25(30)21-12-16-28(17-13-21)33(31,32)23-11-10-19-6-4-5-9-22(19)18-23/h1-11,18,21H,12-17H2,(H,26,29)(H,27,30). The molecule has 0 radical (unpaired) electrons. The topological polar surface area (TPSA) is 95.6 Å². The number of nitrogens with zero attached hydrogens (tertiary/aromatic N) is 1. The zero-order valence-electron chi connectivity index (χ0n) is 18.2. The molecule has 0 saturated carbocycles. The van der Waals surface area contributed by atoms with Crippen LogP contribution in [0, 0.1) is 5.92 Å². The minimum Gasteiger partial charge on any atom is -0.354 e. The van der Waals surface area contributed by atoms with Gasteiger partial charge in [0, 0.05) is 37.7 Å². The molecule has 3 aromatic rings. The lowest BCUT2D eigenvalue weighted by Gasteiger charge is -2.30. The summed E-state index contributed by atoms with van der Waals surface area (Å²) in [5, 5.41) is 7.49. The van der Waals surface area contributed by atoms with Gasteiger partial charge in [-0.2, -0.15) is 4.31 Å². The highest BCUT2D eigenvalue weighted by molar-refractivity contribution is 7.89. The SMILES string of the molecule is O=C(NCCNC(=O)C1CCN(S(=O)(=O)c2ccc3ccccc3c2)CC1)c1ccccc1. The number of nitrogens with one attached hydrogen (secondary N) is 2. The molecule has 1 heterocycles. The molecule has 2 N–H and O–H groups in total. The van der Waals surface area contributed by atoms with Crippen LogP contribution in [-0.2, 0) is 14.8 Å². The van der Waals surface area contributed by atoms with Gasteiger partial charge in [-0.25, -0.2) is 8.42 Å². The number of sulfonamides is 1. The average molecular weight is 466 g/mol. The van der Waals surface area contributed by atoms with Crippen LogP contribution in [0.4, 0.5) is 0 Å². The summed E-state index contributed by atoms with van der Waals surface area (Å²) in [5.41, 5.74) is 0.573. The van der Waals surface area contributed by atoms with Crippen LogP contribution in [0.1, 0.15) is 23.2 Å². The van der Waals surface area contributed by atoms with Crippen molar-refractivity contribution in [2.24, 2.45) is 5.92 Å². The summed E-state index contributed by atoms with van der Waals surface area (Å²) >= 11 is 0. The van der Waals surface area contributed by atoms with Crippen molar-refractivity contribution in [3.05, 3.63) is 78.4 Å². The molecule has 1 aliphatic rings. The molecule has 0 unspecified atom stereocenters. The Morgan fingerprint density at radius 2 is 1.45 bits per heavy atom. The molecule has 0 bridgehead atoms. The van der Waals surface area contributed by atoms with Crippen LogP contribution in [0.5, 0.6) is 0 Å². The van der Waals surface area contributed by atoms with E-state index in [2.05, 4.69) is 10.6 Å².